The number of hydrogen-bond acceptors (Lipinski definition) is 5. The highest BCUT2D eigenvalue weighted by Crippen LogP contribution is 2.50. The first-order valence-corrected chi connectivity index (χ1v) is 13.7. The summed E-state index contributed by atoms with van der Waals surface area (Å²) in [6.45, 7) is -0.988. The molecule has 0 aliphatic heterocycles. The fraction of sp³-hybridized carbons (Fsp3) is 0.121. The Labute approximate surface area is 254 Å². The highest BCUT2D eigenvalue weighted by atomic mass is 19.4. The summed E-state index contributed by atoms with van der Waals surface area (Å²) >= 11 is 0. The lowest BCUT2D eigenvalue weighted by molar-refractivity contribution is -0.274. The number of alkyl halides is 5. The second-order valence-corrected chi connectivity index (χ2v) is 10.8. The highest BCUT2D eigenvalue weighted by Gasteiger charge is 2.57. The van der Waals surface area contributed by atoms with Gasteiger partial charge in [-0.1, -0.05) is 42.5 Å². The van der Waals surface area contributed by atoms with Crippen LogP contribution in [-0.2, 0) is 18.1 Å². The van der Waals surface area contributed by atoms with E-state index in [1.54, 1.807) is 18.2 Å². The molecule has 0 saturated carbocycles. The summed E-state index contributed by atoms with van der Waals surface area (Å²) in [4.78, 5) is 0. The van der Waals surface area contributed by atoms with Gasteiger partial charge in [-0.3, -0.25) is 0 Å². The minimum atomic E-state index is -4.88. The van der Waals surface area contributed by atoms with E-state index in [4.69, 9.17) is 0 Å². The number of ether oxygens (including phenoxy) is 1. The Morgan fingerprint density at radius 3 is 2.20 bits per heavy atom. The average molecular weight is 637 g/mol. The molecule has 0 spiro atoms. The Hall–Kier alpha value is -5.30. The van der Waals surface area contributed by atoms with Crippen molar-refractivity contribution in [1.29, 1.82) is 0 Å². The Kier molecular flexibility index (Phi) is 6.63. The van der Waals surface area contributed by atoms with E-state index >= 15 is 13.2 Å². The maximum Gasteiger partial charge on any atom is 0.573 e. The van der Waals surface area contributed by atoms with Gasteiger partial charge in [0.05, 0.1) is 6.54 Å². The van der Waals surface area contributed by atoms with Crippen LogP contribution in [-0.4, -0.2) is 31.7 Å². The van der Waals surface area contributed by atoms with E-state index in [9.17, 15) is 22.7 Å². The number of aliphatic hydroxyl groups is 1. The number of aromatic nitrogens is 4. The molecule has 13 heteroatoms. The van der Waals surface area contributed by atoms with E-state index in [2.05, 4.69) is 20.3 Å². The third kappa shape index (κ3) is 4.83. The zero-order valence-corrected chi connectivity index (χ0v) is 23.2. The normalized spacial score (nSPS) is 13.9. The number of tetrazole rings is 1. The quantitative estimate of drug-likeness (QED) is 0.141. The minimum Gasteiger partial charge on any atom is -0.406 e. The van der Waals surface area contributed by atoms with Crippen molar-refractivity contribution in [2.75, 3.05) is 0 Å². The van der Waals surface area contributed by atoms with Crippen molar-refractivity contribution >= 4 is 32.3 Å². The Morgan fingerprint density at radius 1 is 0.761 bits per heavy atom. The predicted molar refractivity (Wildman–Crippen MR) is 154 cm³/mol. The molecule has 0 aliphatic rings. The van der Waals surface area contributed by atoms with Gasteiger partial charge >= 0.3 is 12.3 Å². The molecule has 0 fully saturated rings. The lowest BCUT2D eigenvalue weighted by atomic mass is 9.81. The van der Waals surface area contributed by atoms with Gasteiger partial charge in [-0.2, -0.15) is 8.78 Å². The maximum atomic E-state index is 16.8. The van der Waals surface area contributed by atoms with Gasteiger partial charge in [0, 0.05) is 17.2 Å². The smallest absolute Gasteiger partial charge is 0.406 e. The van der Waals surface area contributed by atoms with Crippen molar-refractivity contribution in [3.63, 3.8) is 0 Å². The summed E-state index contributed by atoms with van der Waals surface area (Å²) < 4.78 is 106. The van der Waals surface area contributed by atoms with Gasteiger partial charge in [-0.05, 0) is 96.3 Å². The predicted octanol–water partition coefficient (Wildman–Crippen LogP) is 8.09. The highest BCUT2D eigenvalue weighted by molar-refractivity contribution is 6.26. The molecule has 7 rings (SSSR count). The van der Waals surface area contributed by atoms with Crippen LogP contribution in [0.3, 0.4) is 0 Å². The summed E-state index contributed by atoms with van der Waals surface area (Å²) in [7, 11) is 0. The van der Waals surface area contributed by atoms with E-state index in [0.717, 1.165) is 51.4 Å². The van der Waals surface area contributed by atoms with E-state index in [-0.39, 0.29) is 0 Å². The summed E-state index contributed by atoms with van der Waals surface area (Å²) in [5.41, 5.74) is -3.82. The number of nitrogens with zero attached hydrogens (tertiary/aromatic N) is 4. The molecule has 232 valence electrons. The fourth-order valence-corrected chi connectivity index (χ4v) is 6.01. The van der Waals surface area contributed by atoms with Gasteiger partial charge in [0.15, 0.2) is 5.60 Å². The summed E-state index contributed by atoms with van der Waals surface area (Å²) in [5, 5.41) is 25.7. The molecule has 0 bridgehead atoms. The second kappa shape index (κ2) is 10.4. The molecule has 0 amide bonds. The van der Waals surface area contributed by atoms with Gasteiger partial charge in [0.25, 0.3) is 0 Å². The first kappa shape index (κ1) is 29.4. The molecule has 7 aromatic rings. The van der Waals surface area contributed by atoms with Crippen molar-refractivity contribution in [1.82, 2.24) is 20.2 Å². The number of hydrogen-bond donors (Lipinski definition) is 1. The molecular weight excluding hydrogens is 617 g/mol. The van der Waals surface area contributed by atoms with Crippen molar-refractivity contribution < 1.29 is 40.6 Å². The van der Waals surface area contributed by atoms with Crippen molar-refractivity contribution in [3.05, 3.63) is 120 Å². The van der Waals surface area contributed by atoms with Crippen LogP contribution < -0.4 is 4.74 Å². The lowest BCUT2D eigenvalue weighted by Gasteiger charge is -2.36. The van der Waals surface area contributed by atoms with Crippen LogP contribution in [0.5, 0.6) is 5.75 Å². The van der Waals surface area contributed by atoms with Crippen LogP contribution >= 0.6 is 0 Å². The molecule has 6 aromatic carbocycles. The molecule has 46 heavy (non-hydrogen) atoms. The van der Waals surface area contributed by atoms with Crippen LogP contribution in [0.2, 0.25) is 0 Å². The molecule has 0 radical (unpaired) electrons. The van der Waals surface area contributed by atoms with E-state index in [1.807, 2.05) is 18.2 Å². The zero-order valence-electron chi connectivity index (χ0n) is 23.2. The third-order valence-electron chi connectivity index (χ3n) is 8.02. The monoisotopic (exact) mass is 636 g/mol. The van der Waals surface area contributed by atoms with Crippen molar-refractivity contribution in [2.45, 2.75) is 24.4 Å². The Balaban J connectivity index is 1.44. The molecule has 6 nitrogen and oxygen atoms in total. The van der Waals surface area contributed by atoms with Crippen LogP contribution in [0.4, 0.5) is 30.7 Å². The van der Waals surface area contributed by atoms with Crippen molar-refractivity contribution in [3.8, 4) is 16.9 Å². The zero-order chi connectivity index (χ0) is 32.4. The van der Waals surface area contributed by atoms with E-state index in [0.29, 0.717) is 33.4 Å². The molecule has 1 aromatic heterocycles. The van der Waals surface area contributed by atoms with Crippen LogP contribution in [0.15, 0.2) is 97.3 Å². The van der Waals surface area contributed by atoms with Gasteiger partial charge in [0.1, 0.15) is 23.7 Å². The van der Waals surface area contributed by atoms with Gasteiger partial charge < -0.3 is 9.84 Å². The van der Waals surface area contributed by atoms with Crippen LogP contribution in [0.25, 0.3) is 43.4 Å². The molecule has 0 saturated heterocycles. The molecule has 1 unspecified atom stereocenters. The largest absolute Gasteiger partial charge is 0.573 e. The van der Waals surface area contributed by atoms with Crippen molar-refractivity contribution in [2.24, 2.45) is 0 Å². The van der Waals surface area contributed by atoms with Gasteiger partial charge in [0.2, 0.25) is 0 Å². The van der Waals surface area contributed by atoms with E-state index in [1.165, 1.54) is 24.3 Å². The SMILES string of the molecule is OC(Cn1cnnn1)(c1ccc(F)cc1F)C(F)(F)c1cc2ccc3cccc4c(-c5ccc(OC(F)(F)F)cc5)cc(c1)c2c34. The standard InChI is InChI=1S/C33H19F7N4O2/c34-23-8-11-27(28(35)15-23)31(45,16-44-17-41-42-43-44)32(36,37)22-12-20-5-4-19-2-1-3-25-26(14-21(13-22)29(20)30(19)25)18-6-9-24(10-7-18)46-33(38,39)40/h1-15,17,45H,16H2. The van der Waals surface area contributed by atoms with Gasteiger partial charge in [-0.15, -0.1) is 18.3 Å². The number of benzene rings is 6. The summed E-state index contributed by atoms with van der Waals surface area (Å²) in [5.74, 6) is -7.06. The topological polar surface area (TPSA) is 73.1 Å². The maximum absolute atomic E-state index is 16.8. The number of halogens is 7. The molecular formula is C33H19F7N4O2. The minimum absolute atomic E-state index is 0.325. The third-order valence-corrected chi connectivity index (χ3v) is 8.02. The molecule has 0 aliphatic carbocycles. The molecule has 1 N–H and O–H groups in total. The Bertz CT molecular complexity index is 2220. The summed E-state index contributed by atoms with van der Waals surface area (Å²) in [6, 6.07) is 19.9. The second-order valence-electron chi connectivity index (χ2n) is 10.8. The van der Waals surface area contributed by atoms with Crippen LogP contribution in [0, 0.1) is 11.6 Å². The summed E-state index contributed by atoms with van der Waals surface area (Å²) in [6.07, 6.45) is -3.91. The first-order chi connectivity index (χ1) is 21.8. The van der Waals surface area contributed by atoms with Gasteiger partial charge in [-0.25, -0.2) is 13.5 Å². The molecule has 1 atom stereocenters. The molecule has 1 heterocycles. The average Bonchev–Trinajstić information content (AvgIpc) is 3.52. The Morgan fingerprint density at radius 2 is 1.50 bits per heavy atom. The first-order valence-electron chi connectivity index (χ1n) is 13.7. The fourth-order valence-electron chi connectivity index (χ4n) is 6.01. The lowest BCUT2D eigenvalue weighted by Crippen LogP contribution is -2.47. The van der Waals surface area contributed by atoms with Crippen LogP contribution in [0.1, 0.15) is 11.1 Å². The van der Waals surface area contributed by atoms with E-state index < -0.39 is 52.9 Å². The number of rotatable bonds is 7.